The molecular formula is C21H19Cl2NO4S. The molecule has 0 spiro atoms. The van der Waals surface area contributed by atoms with Crippen molar-refractivity contribution in [3.63, 3.8) is 0 Å². The first kappa shape index (κ1) is 21.6. The van der Waals surface area contributed by atoms with E-state index in [1.165, 1.54) is 4.90 Å². The van der Waals surface area contributed by atoms with E-state index >= 15 is 0 Å². The summed E-state index contributed by atoms with van der Waals surface area (Å²) in [5.74, 6) is 0.704. The summed E-state index contributed by atoms with van der Waals surface area (Å²) < 4.78 is 11.2. The Morgan fingerprint density at radius 1 is 1.00 bits per heavy atom. The van der Waals surface area contributed by atoms with Crippen molar-refractivity contribution in [2.75, 3.05) is 13.2 Å². The number of benzene rings is 2. The topological polar surface area (TPSA) is 55.8 Å². The number of imide groups is 1. The number of nitrogens with zero attached hydrogens (tertiary/aromatic N) is 1. The standard InChI is InChI=1S/C21H19Cl2NO4S/c1-3-27-17-9-14(16(23)11-18(17)28-4-2)10-19-20(25)24(21(26)29-19)12-13-5-7-15(22)8-6-13/h5-11H,3-4,12H2,1-2H3/b19-10-. The van der Waals surface area contributed by atoms with E-state index < -0.39 is 0 Å². The fraction of sp³-hybridized carbons (Fsp3) is 0.238. The zero-order chi connectivity index (χ0) is 21.0. The number of thioether (sulfide) groups is 1. The summed E-state index contributed by atoms with van der Waals surface area (Å²) in [6.45, 7) is 4.85. The van der Waals surface area contributed by atoms with Gasteiger partial charge in [0.15, 0.2) is 11.5 Å². The van der Waals surface area contributed by atoms with Crippen LogP contribution in [0.25, 0.3) is 6.08 Å². The minimum atomic E-state index is -0.363. The van der Waals surface area contributed by atoms with Crippen molar-refractivity contribution in [3.05, 3.63) is 62.5 Å². The van der Waals surface area contributed by atoms with Gasteiger partial charge in [-0.05, 0) is 61.0 Å². The SMILES string of the molecule is CCOc1cc(Cl)c(/C=C2\SC(=O)N(Cc3ccc(Cl)cc3)C2=O)cc1OCC. The van der Waals surface area contributed by atoms with Crippen molar-refractivity contribution >= 4 is 52.2 Å². The maximum Gasteiger partial charge on any atom is 0.293 e. The average Bonchev–Trinajstić information content (AvgIpc) is 2.95. The van der Waals surface area contributed by atoms with Gasteiger partial charge in [-0.15, -0.1) is 0 Å². The molecule has 0 aromatic heterocycles. The van der Waals surface area contributed by atoms with Crippen molar-refractivity contribution in [1.82, 2.24) is 4.90 Å². The Labute approximate surface area is 183 Å². The van der Waals surface area contributed by atoms with Gasteiger partial charge >= 0.3 is 0 Å². The van der Waals surface area contributed by atoms with Gasteiger partial charge in [0.1, 0.15) is 0 Å². The van der Waals surface area contributed by atoms with E-state index in [4.69, 9.17) is 32.7 Å². The molecule has 0 saturated carbocycles. The average molecular weight is 452 g/mol. The lowest BCUT2D eigenvalue weighted by molar-refractivity contribution is -0.123. The van der Waals surface area contributed by atoms with Crippen LogP contribution in [0, 0.1) is 0 Å². The van der Waals surface area contributed by atoms with Crippen LogP contribution in [-0.4, -0.2) is 29.3 Å². The van der Waals surface area contributed by atoms with Crippen LogP contribution < -0.4 is 9.47 Å². The minimum absolute atomic E-state index is 0.181. The third-order valence-electron chi connectivity index (χ3n) is 4.08. The lowest BCUT2D eigenvalue weighted by atomic mass is 10.1. The minimum Gasteiger partial charge on any atom is -0.490 e. The van der Waals surface area contributed by atoms with E-state index in [9.17, 15) is 9.59 Å². The Kier molecular flexibility index (Phi) is 7.11. The third-order valence-corrected chi connectivity index (χ3v) is 5.56. The van der Waals surface area contributed by atoms with Crippen molar-refractivity contribution in [2.24, 2.45) is 0 Å². The zero-order valence-electron chi connectivity index (χ0n) is 15.9. The molecule has 29 heavy (non-hydrogen) atoms. The quantitative estimate of drug-likeness (QED) is 0.481. The first-order valence-corrected chi connectivity index (χ1v) is 10.6. The monoisotopic (exact) mass is 451 g/mol. The molecule has 1 saturated heterocycles. The second kappa shape index (κ2) is 9.57. The van der Waals surface area contributed by atoms with Crippen LogP contribution in [0.2, 0.25) is 10.0 Å². The Hall–Kier alpha value is -2.15. The van der Waals surface area contributed by atoms with E-state index in [2.05, 4.69) is 0 Å². The van der Waals surface area contributed by atoms with Crippen LogP contribution in [0.15, 0.2) is 41.3 Å². The Balaban J connectivity index is 1.86. The summed E-state index contributed by atoms with van der Waals surface area (Å²) in [5, 5.41) is 0.669. The number of carbonyl (C=O) groups is 2. The van der Waals surface area contributed by atoms with E-state index in [-0.39, 0.29) is 17.7 Å². The van der Waals surface area contributed by atoms with E-state index in [1.54, 1.807) is 42.5 Å². The number of rotatable bonds is 7. The third kappa shape index (κ3) is 5.07. The molecule has 152 valence electrons. The van der Waals surface area contributed by atoms with Crippen LogP contribution in [0.4, 0.5) is 4.79 Å². The van der Waals surface area contributed by atoms with Gasteiger partial charge in [-0.25, -0.2) is 0 Å². The highest BCUT2D eigenvalue weighted by Gasteiger charge is 2.35. The lowest BCUT2D eigenvalue weighted by Gasteiger charge is -2.13. The Morgan fingerprint density at radius 2 is 1.62 bits per heavy atom. The van der Waals surface area contributed by atoms with E-state index in [1.807, 2.05) is 13.8 Å². The molecule has 2 aromatic carbocycles. The maximum atomic E-state index is 12.8. The molecular weight excluding hydrogens is 433 g/mol. The molecule has 0 bridgehead atoms. The fourth-order valence-electron chi connectivity index (χ4n) is 2.75. The molecule has 0 atom stereocenters. The van der Waals surface area contributed by atoms with E-state index in [0.717, 1.165) is 17.3 Å². The van der Waals surface area contributed by atoms with Gasteiger partial charge < -0.3 is 9.47 Å². The van der Waals surface area contributed by atoms with Crippen molar-refractivity contribution in [1.29, 1.82) is 0 Å². The lowest BCUT2D eigenvalue weighted by Crippen LogP contribution is -2.27. The van der Waals surface area contributed by atoms with Gasteiger partial charge in [-0.2, -0.15) is 0 Å². The molecule has 8 heteroatoms. The Bertz CT molecular complexity index is 960. The molecule has 3 rings (SSSR count). The number of carbonyl (C=O) groups excluding carboxylic acids is 2. The highest BCUT2D eigenvalue weighted by molar-refractivity contribution is 8.18. The number of hydrogen-bond donors (Lipinski definition) is 0. The van der Waals surface area contributed by atoms with Gasteiger partial charge in [0.2, 0.25) is 0 Å². The van der Waals surface area contributed by atoms with Crippen LogP contribution in [-0.2, 0) is 11.3 Å². The molecule has 1 aliphatic rings. The van der Waals surface area contributed by atoms with Crippen LogP contribution >= 0.6 is 35.0 Å². The largest absolute Gasteiger partial charge is 0.490 e. The molecule has 0 N–H and O–H groups in total. The predicted molar refractivity (Wildman–Crippen MR) is 117 cm³/mol. The van der Waals surface area contributed by atoms with Gasteiger partial charge in [0.05, 0.1) is 29.7 Å². The molecule has 1 fully saturated rings. The summed E-state index contributed by atoms with van der Waals surface area (Å²) in [6.07, 6.45) is 1.60. The number of amides is 2. The van der Waals surface area contributed by atoms with Crippen molar-refractivity contribution in [3.8, 4) is 11.5 Å². The smallest absolute Gasteiger partial charge is 0.293 e. The second-order valence-corrected chi connectivity index (χ2v) is 7.92. The van der Waals surface area contributed by atoms with Crippen LogP contribution in [0.3, 0.4) is 0 Å². The molecule has 2 aromatic rings. The Morgan fingerprint density at radius 3 is 2.24 bits per heavy atom. The molecule has 1 heterocycles. The van der Waals surface area contributed by atoms with Crippen molar-refractivity contribution < 1.29 is 19.1 Å². The summed E-state index contributed by atoms with van der Waals surface area (Å²) in [4.78, 5) is 26.7. The van der Waals surface area contributed by atoms with Gasteiger partial charge in [0.25, 0.3) is 11.1 Å². The summed E-state index contributed by atoms with van der Waals surface area (Å²) in [7, 11) is 0. The van der Waals surface area contributed by atoms with Gasteiger partial charge in [-0.1, -0.05) is 35.3 Å². The molecule has 0 aliphatic carbocycles. The number of halogens is 2. The fourth-order valence-corrected chi connectivity index (χ4v) is 3.91. The maximum absolute atomic E-state index is 12.8. The van der Waals surface area contributed by atoms with Crippen molar-refractivity contribution in [2.45, 2.75) is 20.4 Å². The first-order valence-electron chi connectivity index (χ1n) is 9.01. The summed E-state index contributed by atoms with van der Waals surface area (Å²) >= 11 is 13.1. The highest BCUT2D eigenvalue weighted by Crippen LogP contribution is 2.38. The summed E-state index contributed by atoms with van der Waals surface area (Å²) in [6, 6.07) is 10.4. The highest BCUT2D eigenvalue weighted by atomic mass is 35.5. The zero-order valence-corrected chi connectivity index (χ0v) is 18.2. The number of ether oxygens (including phenoxy) is 2. The van der Waals surface area contributed by atoms with Crippen LogP contribution in [0.5, 0.6) is 11.5 Å². The molecule has 2 amide bonds. The van der Waals surface area contributed by atoms with Crippen LogP contribution in [0.1, 0.15) is 25.0 Å². The van der Waals surface area contributed by atoms with Gasteiger partial charge in [0, 0.05) is 11.1 Å². The number of hydrogen-bond acceptors (Lipinski definition) is 5. The molecule has 0 radical (unpaired) electrons. The second-order valence-electron chi connectivity index (χ2n) is 6.08. The van der Waals surface area contributed by atoms with E-state index in [0.29, 0.717) is 45.2 Å². The summed E-state index contributed by atoms with van der Waals surface area (Å²) in [5.41, 5.74) is 1.39. The first-order chi connectivity index (χ1) is 13.9. The van der Waals surface area contributed by atoms with Gasteiger partial charge in [-0.3, -0.25) is 14.5 Å². The molecule has 5 nitrogen and oxygen atoms in total. The predicted octanol–water partition coefficient (Wildman–Crippen LogP) is 6.03. The normalized spacial score (nSPS) is 15.3. The molecule has 0 unspecified atom stereocenters. The molecule has 1 aliphatic heterocycles.